The Morgan fingerprint density at radius 3 is 2.92 bits per heavy atom. The van der Waals surface area contributed by atoms with E-state index >= 15 is 0 Å². The van der Waals surface area contributed by atoms with Gasteiger partial charge in [0.2, 0.25) is 5.91 Å². The highest BCUT2D eigenvalue weighted by atomic mass is 16.2. The minimum atomic E-state index is 0. The Labute approximate surface area is 151 Å². The lowest BCUT2D eigenvalue weighted by Gasteiger charge is -2.40. The molecule has 1 N–H and O–H groups in total. The number of nitrogens with one attached hydrogen (secondary N) is 1. The van der Waals surface area contributed by atoms with Crippen molar-refractivity contribution in [2.75, 3.05) is 26.7 Å². The smallest absolute Gasteiger partial charge is 0.223 e. The molecule has 2 aliphatic rings. The van der Waals surface area contributed by atoms with Crippen LogP contribution in [0.4, 0.5) is 0 Å². The van der Waals surface area contributed by atoms with E-state index in [1.165, 1.54) is 27.6 Å². The fourth-order valence-electron chi connectivity index (χ4n) is 4.61. The van der Waals surface area contributed by atoms with E-state index in [2.05, 4.69) is 61.3 Å². The van der Waals surface area contributed by atoms with Crippen LogP contribution in [0.25, 0.3) is 16.5 Å². The van der Waals surface area contributed by atoms with Crippen LogP contribution in [0.5, 0.6) is 0 Å². The van der Waals surface area contributed by atoms with E-state index in [9.17, 15) is 4.79 Å². The SMILES string of the molecule is CCN(CC)C(=O)CC1C=C2c3cccc4[nH]cc(c34)C[C@H]2N(C)C1.[HH]. The number of amides is 1. The van der Waals surface area contributed by atoms with Gasteiger partial charge in [-0.25, -0.2) is 0 Å². The summed E-state index contributed by atoms with van der Waals surface area (Å²) in [5, 5.41) is 1.37. The van der Waals surface area contributed by atoms with E-state index in [1.54, 1.807) is 0 Å². The molecule has 2 aromatic rings. The predicted octanol–water partition coefficient (Wildman–Crippen LogP) is 3.54. The molecule has 1 aliphatic heterocycles. The first-order valence-corrected chi connectivity index (χ1v) is 9.41. The number of carbonyl (C=O) groups is 1. The Hall–Kier alpha value is -2.07. The molecule has 4 nitrogen and oxygen atoms in total. The fourth-order valence-corrected chi connectivity index (χ4v) is 4.61. The monoisotopic (exact) mass is 339 g/mol. The van der Waals surface area contributed by atoms with Crippen molar-refractivity contribution in [3.05, 3.63) is 41.6 Å². The molecule has 0 bridgehead atoms. The molecule has 4 heteroatoms. The van der Waals surface area contributed by atoms with Gasteiger partial charge < -0.3 is 9.88 Å². The van der Waals surface area contributed by atoms with Crippen LogP contribution < -0.4 is 0 Å². The quantitative estimate of drug-likeness (QED) is 0.925. The third-order valence-corrected chi connectivity index (χ3v) is 5.89. The number of aromatic amines is 1. The van der Waals surface area contributed by atoms with Gasteiger partial charge in [-0.15, -0.1) is 0 Å². The number of aromatic nitrogens is 1. The van der Waals surface area contributed by atoms with E-state index in [4.69, 9.17) is 0 Å². The summed E-state index contributed by atoms with van der Waals surface area (Å²) in [5.41, 5.74) is 5.38. The molecule has 1 amide bonds. The minimum absolute atomic E-state index is 0. The Balaban J connectivity index is 0.00000196. The van der Waals surface area contributed by atoms with Gasteiger partial charge in [0.05, 0.1) is 0 Å². The first-order valence-electron chi connectivity index (χ1n) is 9.41. The van der Waals surface area contributed by atoms with Gasteiger partial charge in [0, 0.05) is 50.6 Å². The average Bonchev–Trinajstić information content (AvgIpc) is 3.02. The Morgan fingerprint density at radius 2 is 2.16 bits per heavy atom. The van der Waals surface area contributed by atoms with Crippen molar-refractivity contribution in [3.63, 3.8) is 0 Å². The summed E-state index contributed by atoms with van der Waals surface area (Å²) in [5.74, 6) is 0.565. The maximum atomic E-state index is 12.6. The number of H-pyrrole nitrogens is 1. The van der Waals surface area contributed by atoms with Crippen molar-refractivity contribution in [2.45, 2.75) is 32.7 Å². The normalized spacial score (nSPS) is 22.6. The highest BCUT2D eigenvalue weighted by Gasteiger charge is 2.34. The number of rotatable bonds is 4. The summed E-state index contributed by atoms with van der Waals surface area (Å²) < 4.78 is 0. The predicted molar refractivity (Wildman–Crippen MR) is 105 cm³/mol. The average molecular weight is 339 g/mol. The molecule has 0 saturated heterocycles. The summed E-state index contributed by atoms with van der Waals surface area (Å²) in [6, 6.07) is 6.94. The third kappa shape index (κ3) is 2.69. The van der Waals surface area contributed by atoms with Crippen LogP contribution in [-0.2, 0) is 11.2 Å². The van der Waals surface area contributed by atoms with Crippen LogP contribution in [0.3, 0.4) is 0 Å². The van der Waals surface area contributed by atoms with Gasteiger partial charge in [0.1, 0.15) is 0 Å². The number of fused-ring (bicyclic) bond motifs is 2. The molecule has 4 rings (SSSR count). The molecular formula is C21H29N3O. The second kappa shape index (κ2) is 6.34. The number of nitrogens with zero attached hydrogens (tertiary/aromatic N) is 2. The van der Waals surface area contributed by atoms with Gasteiger partial charge in [0.15, 0.2) is 0 Å². The van der Waals surface area contributed by atoms with Gasteiger partial charge in [0.25, 0.3) is 0 Å². The fraction of sp³-hybridized carbons (Fsp3) is 0.476. The minimum Gasteiger partial charge on any atom is -0.361 e. The second-order valence-corrected chi connectivity index (χ2v) is 7.35. The Morgan fingerprint density at radius 1 is 1.36 bits per heavy atom. The zero-order valence-electron chi connectivity index (χ0n) is 15.4. The molecule has 1 aromatic heterocycles. The summed E-state index contributed by atoms with van der Waals surface area (Å²) in [6.07, 6.45) is 6.21. The number of hydrogen-bond acceptors (Lipinski definition) is 2. The summed E-state index contributed by atoms with van der Waals surface area (Å²) in [7, 11) is 2.20. The van der Waals surface area contributed by atoms with E-state index in [0.717, 1.165) is 26.1 Å². The largest absolute Gasteiger partial charge is 0.361 e. The maximum absolute atomic E-state index is 12.6. The van der Waals surface area contributed by atoms with E-state index in [-0.39, 0.29) is 7.33 Å². The number of carbonyl (C=O) groups excluding carboxylic acids is 1. The van der Waals surface area contributed by atoms with Crippen molar-refractivity contribution in [3.8, 4) is 0 Å². The Bertz CT molecular complexity index is 837. The van der Waals surface area contributed by atoms with Crippen molar-refractivity contribution in [1.82, 2.24) is 14.8 Å². The molecule has 1 unspecified atom stereocenters. The highest BCUT2D eigenvalue weighted by Crippen LogP contribution is 2.41. The van der Waals surface area contributed by atoms with Crippen molar-refractivity contribution < 1.29 is 6.22 Å². The molecule has 0 saturated carbocycles. The lowest BCUT2D eigenvalue weighted by molar-refractivity contribution is -0.131. The van der Waals surface area contributed by atoms with E-state index in [1.807, 2.05) is 4.90 Å². The van der Waals surface area contributed by atoms with E-state index in [0.29, 0.717) is 18.4 Å². The topological polar surface area (TPSA) is 39.3 Å². The van der Waals surface area contributed by atoms with Crippen LogP contribution in [-0.4, -0.2) is 53.4 Å². The summed E-state index contributed by atoms with van der Waals surface area (Å²) >= 11 is 0. The zero-order chi connectivity index (χ0) is 17.6. The van der Waals surface area contributed by atoms with Crippen LogP contribution in [0, 0.1) is 5.92 Å². The summed E-state index contributed by atoms with van der Waals surface area (Å²) in [4.78, 5) is 20.3. The number of hydrogen-bond donors (Lipinski definition) is 1. The zero-order valence-corrected chi connectivity index (χ0v) is 15.4. The van der Waals surface area contributed by atoms with Crippen molar-refractivity contribution in [2.24, 2.45) is 5.92 Å². The third-order valence-electron chi connectivity index (χ3n) is 5.89. The molecule has 1 aliphatic carbocycles. The van der Waals surface area contributed by atoms with Gasteiger partial charge in [-0.2, -0.15) is 0 Å². The maximum Gasteiger partial charge on any atom is 0.223 e. The molecule has 2 heterocycles. The van der Waals surface area contributed by atoms with Gasteiger partial charge in [-0.3, -0.25) is 9.69 Å². The molecule has 25 heavy (non-hydrogen) atoms. The molecule has 0 radical (unpaired) electrons. The first kappa shape index (κ1) is 16.4. The van der Waals surface area contributed by atoms with E-state index < -0.39 is 0 Å². The number of benzene rings is 1. The molecule has 1 aromatic carbocycles. The van der Waals surface area contributed by atoms with Crippen molar-refractivity contribution >= 4 is 22.4 Å². The molecular weight excluding hydrogens is 310 g/mol. The molecule has 0 spiro atoms. The molecule has 0 fully saturated rings. The van der Waals surface area contributed by atoms with Gasteiger partial charge in [-0.1, -0.05) is 18.2 Å². The van der Waals surface area contributed by atoms with Crippen LogP contribution in [0.2, 0.25) is 0 Å². The molecule has 134 valence electrons. The van der Waals surface area contributed by atoms with Crippen LogP contribution >= 0.6 is 0 Å². The number of likely N-dealkylation sites (N-methyl/N-ethyl adjacent to an activating group) is 1. The lowest BCUT2D eigenvalue weighted by atomic mass is 9.79. The Kier molecular flexibility index (Phi) is 4.16. The standard InChI is InChI=1S/C21H27N3O.H2/c1-4-24(5-2)20(25)10-14-9-17-16-7-6-8-18-21(16)15(12-22-18)11-19(17)23(3)13-14;/h6-9,12,14,19,22H,4-5,10-11,13H2,1-3H3;1H/t14?,19-;/m1./s1. The van der Waals surface area contributed by atoms with Crippen LogP contribution in [0.1, 0.15) is 32.8 Å². The van der Waals surface area contributed by atoms with Crippen molar-refractivity contribution in [1.29, 1.82) is 0 Å². The lowest BCUT2D eigenvalue weighted by Crippen LogP contribution is -2.43. The van der Waals surface area contributed by atoms with Gasteiger partial charge >= 0.3 is 0 Å². The van der Waals surface area contributed by atoms with Crippen LogP contribution in [0.15, 0.2) is 30.5 Å². The summed E-state index contributed by atoms with van der Waals surface area (Å²) in [6.45, 7) is 6.65. The van der Waals surface area contributed by atoms with Gasteiger partial charge in [-0.05, 0) is 56.0 Å². The first-order chi connectivity index (χ1) is 12.1. The molecule has 2 atom stereocenters. The highest BCUT2D eigenvalue weighted by molar-refractivity contribution is 5.98. The second-order valence-electron chi connectivity index (χ2n) is 7.35.